The van der Waals surface area contributed by atoms with E-state index in [9.17, 15) is 0 Å². The van der Waals surface area contributed by atoms with Crippen molar-refractivity contribution in [3.63, 3.8) is 0 Å². The van der Waals surface area contributed by atoms with Crippen molar-refractivity contribution in [1.29, 1.82) is 0 Å². The van der Waals surface area contributed by atoms with Gasteiger partial charge in [0.25, 0.3) is 0 Å². The van der Waals surface area contributed by atoms with Crippen molar-refractivity contribution in [3.8, 4) is 33.4 Å². The van der Waals surface area contributed by atoms with Gasteiger partial charge in [-0.25, -0.2) is 0 Å². The molecule has 6 fully saturated rings. The number of hydrogen-bond acceptors (Lipinski definition) is 1. The van der Waals surface area contributed by atoms with Crippen LogP contribution in [-0.4, -0.2) is 0 Å². The Bertz CT molecular complexity index is 2820. The first-order chi connectivity index (χ1) is 27.9. The molecule has 15 rings (SSSR count). The molecule has 9 aliphatic rings. The van der Waals surface area contributed by atoms with Crippen molar-refractivity contribution in [3.05, 3.63) is 161 Å². The quantitative estimate of drug-likeness (QED) is 0.175. The van der Waals surface area contributed by atoms with Crippen LogP contribution in [0.25, 0.3) is 33.4 Å². The van der Waals surface area contributed by atoms with Crippen LogP contribution in [0.15, 0.2) is 127 Å². The second-order valence-corrected chi connectivity index (χ2v) is 20.8. The number of nitrogens with zero attached hydrogens (tertiary/aromatic N) is 1. The first-order valence-electron chi connectivity index (χ1n) is 22.5. The Morgan fingerprint density at radius 2 is 1.11 bits per heavy atom. The van der Waals surface area contributed by atoms with E-state index in [4.69, 9.17) is 0 Å². The van der Waals surface area contributed by atoms with Gasteiger partial charge in [0.2, 0.25) is 0 Å². The van der Waals surface area contributed by atoms with Crippen LogP contribution in [0.3, 0.4) is 0 Å². The SMILES string of the molecule is CC1(C)c2ccccc2-c2ccc(N(c3ccc4c(c3)[C@@]3(c5ccccc5-4)[C@@H]4C[C@H]5CC6C[C@@H]3[C@@]65C4)c3cccc4c3-c3ccccc3[C@@]43CC4CC[C@H]3C4)cc21. The molecule has 9 atom stereocenters. The topological polar surface area (TPSA) is 3.24 Å². The molecule has 6 aromatic carbocycles. The van der Waals surface area contributed by atoms with Crippen LogP contribution in [0.4, 0.5) is 17.1 Å². The fourth-order valence-corrected chi connectivity index (χ4v) is 17.2. The van der Waals surface area contributed by atoms with Gasteiger partial charge in [0.05, 0.1) is 5.69 Å². The van der Waals surface area contributed by atoms with Crippen molar-refractivity contribution in [2.75, 3.05) is 4.90 Å². The molecular formula is C56H49N. The molecule has 4 bridgehead atoms. The smallest absolute Gasteiger partial charge is 0.0543 e. The van der Waals surface area contributed by atoms with E-state index < -0.39 is 0 Å². The second-order valence-electron chi connectivity index (χ2n) is 20.8. The number of hydrogen-bond donors (Lipinski definition) is 0. The maximum Gasteiger partial charge on any atom is 0.0543 e. The summed E-state index contributed by atoms with van der Waals surface area (Å²) in [6, 6.07) is 51.0. The first-order valence-corrected chi connectivity index (χ1v) is 22.5. The Labute approximate surface area is 337 Å². The van der Waals surface area contributed by atoms with Gasteiger partial charge >= 0.3 is 0 Å². The molecule has 0 saturated heterocycles. The van der Waals surface area contributed by atoms with Gasteiger partial charge in [0.15, 0.2) is 0 Å². The van der Waals surface area contributed by atoms with Crippen LogP contribution in [0, 0.1) is 40.9 Å². The molecule has 1 nitrogen and oxygen atoms in total. The maximum atomic E-state index is 2.73. The van der Waals surface area contributed by atoms with E-state index in [1.807, 2.05) is 0 Å². The van der Waals surface area contributed by atoms with E-state index in [1.54, 1.807) is 22.3 Å². The van der Waals surface area contributed by atoms with Gasteiger partial charge < -0.3 is 4.90 Å². The summed E-state index contributed by atoms with van der Waals surface area (Å²) in [5.41, 5.74) is 23.0. The standard InChI is InChI=1S/C56H49N/c1-53(2)44-13-6-3-10-39(44)41-22-20-37(28-48(41)53)57(50-17-9-16-47-52(50)43-12-5-7-14-45(43)55(47)30-32-18-19-33(55)24-32)38-21-23-42-40-11-4-8-15-46(40)56(49(42)29-38)36-26-34-25-35-27-51(56)54(34,35)31-36/h3-17,20-23,28-29,32-36,51H,18-19,24-27,30-31H2,1-2H3/t32?,33-,34+,35?,36+,51+,54+,55-,56-/m0/s1. The van der Waals surface area contributed by atoms with E-state index in [0.717, 1.165) is 35.5 Å². The molecule has 0 aromatic heterocycles. The molecule has 278 valence electrons. The molecule has 0 aliphatic heterocycles. The molecule has 57 heavy (non-hydrogen) atoms. The second kappa shape index (κ2) is 9.86. The summed E-state index contributed by atoms with van der Waals surface area (Å²) in [4.78, 5) is 2.72. The normalized spacial score (nSPS) is 34.6. The summed E-state index contributed by atoms with van der Waals surface area (Å²) in [6.45, 7) is 4.87. The predicted molar refractivity (Wildman–Crippen MR) is 231 cm³/mol. The fourth-order valence-electron chi connectivity index (χ4n) is 17.2. The summed E-state index contributed by atoms with van der Waals surface area (Å²) >= 11 is 0. The maximum absolute atomic E-state index is 2.73. The van der Waals surface area contributed by atoms with Crippen molar-refractivity contribution < 1.29 is 0 Å². The van der Waals surface area contributed by atoms with Crippen LogP contribution >= 0.6 is 0 Å². The Morgan fingerprint density at radius 3 is 1.84 bits per heavy atom. The van der Waals surface area contributed by atoms with Crippen LogP contribution in [0.1, 0.15) is 98.6 Å². The fraction of sp³-hybridized carbons (Fsp3) is 0.357. The third-order valence-electron chi connectivity index (χ3n) is 19.1. The number of benzene rings is 6. The van der Waals surface area contributed by atoms with E-state index >= 15 is 0 Å². The molecule has 9 aliphatic carbocycles. The average Bonchev–Trinajstić information content (AvgIpc) is 4.10. The lowest BCUT2D eigenvalue weighted by molar-refractivity contribution is -0.193. The van der Waals surface area contributed by atoms with Crippen molar-refractivity contribution >= 4 is 17.1 Å². The molecule has 0 heterocycles. The minimum atomic E-state index is -0.0713. The van der Waals surface area contributed by atoms with Crippen molar-refractivity contribution in [2.24, 2.45) is 40.9 Å². The van der Waals surface area contributed by atoms with Crippen molar-refractivity contribution in [1.82, 2.24) is 0 Å². The van der Waals surface area contributed by atoms with Crippen LogP contribution in [-0.2, 0) is 16.2 Å². The number of rotatable bonds is 3. The monoisotopic (exact) mass is 735 g/mol. The van der Waals surface area contributed by atoms with Gasteiger partial charge in [-0.2, -0.15) is 0 Å². The predicted octanol–water partition coefficient (Wildman–Crippen LogP) is 13.9. The third kappa shape index (κ3) is 3.24. The molecule has 0 N–H and O–H groups in total. The van der Waals surface area contributed by atoms with Gasteiger partial charge in [0, 0.05) is 33.2 Å². The van der Waals surface area contributed by atoms with E-state index in [-0.39, 0.29) is 16.2 Å². The lowest BCUT2D eigenvalue weighted by Gasteiger charge is -2.70. The third-order valence-corrected chi connectivity index (χ3v) is 19.1. The largest absolute Gasteiger partial charge is 0.310 e. The zero-order chi connectivity index (χ0) is 37.2. The minimum Gasteiger partial charge on any atom is -0.310 e. The Morgan fingerprint density at radius 1 is 0.474 bits per heavy atom. The molecule has 0 amide bonds. The molecule has 2 unspecified atom stereocenters. The van der Waals surface area contributed by atoms with Gasteiger partial charge in [-0.3, -0.25) is 0 Å². The zero-order valence-corrected chi connectivity index (χ0v) is 33.2. The molecule has 6 aromatic rings. The first kappa shape index (κ1) is 31.2. The van der Waals surface area contributed by atoms with Gasteiger partial charge in [-0.05, 0) is 177 Å². The summed E-state index contributed by atoms with van der Waals surface area (Å²) in [6.07, 6.45) is 11.3. The molecule has 6 saturated carbocycles. The summed E-state index contributed by atoms with van der Waals surface area (Å²) in [7, 11) is 0. The lowest BCUT2D eigenvalue weighted by atomic mass is 9.34. The summed E-state index contributed by atoms with van der Waals surface area (Å²) in [5.74, 6) is 5.12. The molecular weight excluding hydrogens is 687 g/mol. The highest BCUT2D eigenvalue weighted by molar-refractivity contribution is 5.97. The van der Waals surface area contributed by atoms with E-state index in [0.29, 0.717) is 5.41 Å². The van der Waals surface area contributed by atoms with E-state index in [2.05, 4.69) is 146 Å². The molecule has 0 radical (unpaired) electrons. The average molecular weight is 736 g/mol. The molecule has 1 heteroatoms. The minimum absolute atomic E-state index is 0.0713. The molecule has 3 spiro atoms. The van der Waals surface area contributed by atoms with Crippen molar-refractivity contribution in [2.45, 2.75) is 81.5 Å². The van der Waals surface area contributed by atoms with Crippen LogP contribution in [0.2, 0.25) is 0 Å². The Hall–Kier alpha value is -4.88. The number of anilines is 3. The Balaban J connectivity index is 0.989. The van der Waals surface area contributed by atoms with Gasteiger partial charge in [0.1, 0.15) is 0 Å². The van der Waals surface area contributed by atoms with E-state index in [1.165, 1.54) is 113 Å². The highest BCUT2D eigenvalue weighted by atomic mass is 15.1. The summed E-state index contributed by atoms with van der Waals surface area (Å²) in [5, 5.41) is 0. The lowest BCUT2D eigenvalue weighted by Crippen LogP contribution is -2.65. The van der Waals surface area contributed by atoms with Gasteiger partial charge in [-0.15, -0.1) is 0 Å². The zero-order valence-electron chi connectivity index (χ0n) is 33.2. The Kier molecular flexibility index (Phi) is 5.39. The number of fused-ring (bicyclic) bond motifs is 19. The van der Waals surface area contributed by atoms with Crippen LogP contribution < -0.4 is 4.90 Å². The highest BCUT2D eigenvalue weighted by Gasteiger charge is 2.82. The van der Waals surface area contributed by atoms with Gasteiger partial charge in [-0.1, -0.05) is 117 Å². The van der Waals surface area contributed by atoms with Crippen LogP contribution in [0.5, 0.6) is 0 Å². The highest BCUT2D eigenvalue weighted by Crippen LogP contribution is 2.88. The summed E-state index contributed by atoms with van der Waals surface area (Å²) < 4.78 is 0.